The third-order valence-electron chi connectivity index (χ3n) is 2.66. The zero-order valence-corrected chi connectivity index (χ0v) is 12.0. The predicted octanol–water partition coefficient (Wildman–Crippen LogP) is 0.528. The number of sulfonamides is 1. The van der Waals surface area contributed by atoms with E-state index in [9.17, 15) is 8.42 Å². The normalized spacial score (nSPS) is 16.1. The lowest BCUT2D eigenvalue weighted by molar-refractivity contribution is 0.250. The lowest BCUT2D eigenvalue weighted by Crippen LogP contribution is -2.35. The van der Waals surface area contributed by atoms with Crippen LogP contribution in [0.4, 0.5) is 0 Å². The number of nitrogens with two attached hydrogens (primary N) is 1. The molecule has 1 aromatic heterocycles. The molecule has 0 unspecified atom stereocenters. The summed E-state index contributed by atoms with van der Waals surface area (Å²) in [5.41, 5.74) is 5.47. The molecule has 0 atom stereocenters. The number of aliphatic hydroxyl groups excluding tert-OH is 1. The molecule has 0 bridgehead atoms. The van der Waals surface area contributed by atoms with Gasteiger partial charge in [-0.1, -0.05) is 12.2 Å². The van der Waals surface area contributed by atoms with Crippen LogP contribution in [-0.4, -0.2) is 42.0 Å². The van der Waals surface area contributed by atoms with Crippen LogP contribution in [0, 0.1) is 0 Å². The minimum absolute atomic E-state index is 0.0255. The Morgan fingerprint density at radius 3 is 2.67 bits per heavy atom. The molecule has 1 saturated carbocycles. The van der Waals surface area contributed by atoms with Crippen LogP contribution in [0.5, 0.6) is 0 Å². The van der Waals surface area contributed by atoms with Gasteiger partial charge >= 0.3 is 0 Å². The molecule has 1 heterocycles. The van der Waals surface area contributed by atoms with E-state index in [0.29, 0.717) is 4.88 Å². The molecule has 2 rings (SSSR count). The molecule has 1 aromatic rings. The van der Waals surface area contributed by atoms with Gasteiger partial charge in [-0.05, 0) is 25.0 Å². The maximum Gasteiger partial charge on any atom is 0.252 e. The highest BCUT2D eigenvalue weighted by Crippen LogP contribution is 2.33. The predicted molar refractivity (Wildman–Crippen MR) is 74.2 cm³/mol. The van der Waals surface area contributed by atoms with Crippen molar-refractivity contribution in [1.29, 1.82) is 0 Å². The van der Waals surface area contributed by atoms with E-state index in [1.807, 2.05) is 0 Å². The lowest BCUT2D eigenvalue weighted by atomic mass is 10.5. The van der Waals surface area contributed by atoms with E-state index in [2.05, 4.69) is 0 Å². The van der Waals surface area contributed by atoms with Crippen LogP contribution >= 0.6 is 23.6 Å². The van der Waals surface area contributed by atoms with Crippen LogP contribution in [0.3, 0.4) is 0 Å². The van der Waals surface area contributed by atoms with E-state index in [1.165, 1.54) is 10.4 Å². The van der Waals surface area contributed by atoms with E-state index in [-0.39, 0.29) is 28.4 Å². The standard InChI is InChI=1S/C10H14N2O3S3/c11-10(16)8-3-4-9(17-8)18(14,15)12(5-6-13)7-1-2-7/h3-4,7,13H,1-2,5-6H2,(H2,11,16). The van der Waals surface area contributed by atoms with Crippen molar-refractivity contribution in [2.45, 2.75) is 23.1 Å². The molecule has 1 aliphatic rings. The van der Waals surface area contributed by atoms with Gasteiger partial charge in [0, 0.05) is 12.6 Å². The SMILES string of the molecule is NC(=S)c1ccc(S(=O)(=O)N(CCO)C2CC2)s1. The van der Waals surface area contributed by atoms with Crippen molar-refractivity contribution in [2.75, 3.05) is 13.2 Å². The number of hydrogen-bond donors (Lipinski definition) is 2. The van der Waals surface area contributed by atoms with Gasteiger partial charge in [0.25, 0.3) is 10.0 Å². The summed E-state index contributed by atoms with van der Waals surface area (Å²) in [5, 5.41) is 8.97. The summed E-state index contributed by atoms with van der Waals surface area (Å²) in [4.78, 5) is 0.782. The molecule has 18 heavy (non-hydrogen) atoms. The first kappa shape index (κ1) is 13.9. The van der Waals surface area contributed by atoms with E-state index in [1.54, 1.807) is 6.07 Å². The molecule has 5 nitrogen and oxygen atoms in total. The van der Waals surface area contributed by atoms with Crippen LogP contribution in [0.25, 0.3) is 0 Å². The summed E-state index contributed by atoms with van der Waals surface area (Å²) in [6.45, 7) is -0.0451. The molecule has 0 radical (unpaired) electrons. The Morgan fingerprint density at radius 2 is 2.22 bits per heavy atom. The van der Waals surface area contributed by atoms with Gasteiger partial charge in [-0.15, -0.1) is 11.3 Å². The summed E-state index contributed by atoms with van der Waals surface area (Å²) in [7, 11) is -3.54. The Hall–Kier alpha value is -0.540. The smallest absolute Gasteiger partial charge is 0.252 e. The zero-order chi connectivity index (χ0) is 13.3. The number of rotatable bonds is 6. The average molecular weight is 306 g/mol. The fourth-order valence-electron chi connectivity index (χ4n) is 1.67. The van der Waals surface area contributed by atoms with E-state index in [0.717, 1.165) is 24.2 Å². The first-order chi connectivity index (χ1) is 8.46. The van der Waals surface area contributed by atoms with Crippen LogP contribution < -0.4 is 5.73 Å². The largest absolute Gasteiger partial charge is 0.395 e. The van der Waals surface area contributed by atoms with Gasteiger partial charge in [-0.2, -0.15) is 4.31 Å². The third kappa shape index (κ3) is 2.72. The second kappa shape index (κ2) is 5.22. The molecule has 100 valence electrons. The number of thiocarbonyl (C=S) groups is 1. The molecular weight excluding hydrogens is 292 g/mol. The average Bonchev–Trinajstić information content (AvgIpc) is 2.99. The number of thiophene rings is 1. The molecule has 8 heteroatoms. The molecule has 0 spiro atoms. The van der Waals surface area contributed by atoms with Gasteiger partial charge in [0.2, 0.25) is 0 Å². The molecule has 0 amide bonds. The lowest BCUT2D eigenvalue weighted by Gasteiger charge is -2.19. The summed E-state index contributed by atoms with van der Waals surface area (Å²) < 4.78 is 26.4. The molecule has 1 aliphatic carbocycles. The Morgan fingerprint density at radius 1 is 1.56 bits per heavy atom. The van der Waals surface area contributed by atoms with E-state index >= 15 is 0 Å². The summed E-state index contributed by atoms with van der Waals surface area (Å²) in [6, 6.07) is 3.16. The zero-order valence-electron chi connectivity index (χ0n) is 9.57. The van der Waals surface area contributed by atoms with E-state index < -0.39 is 10.0 Å². The molecular formula is C10H14N2O3S3. The highest BCUT2D eigenvalue weighted by molar-refractivity contribution is 7.91. The fraction of sp³-hybridized carbons (Fsp3) is 0.500. The van der Waals surface area contributed by atoms with Crippen molar-refractivity contribution in [2.24, 2.45) is 5.73 Å². The van der Waals surface area contributed by atoms with Gasteiger partial charge in [0.1, 0.15) is 9.20 Å². The Balaban J connectivity index is 2.30. The summed E-state index contributed by atoms with van der Waals surface area (Å²) in [5.74, 6) is 0. The molecule has 0 saturated heterocycles. The minimum atomic E-state index is -3.54. The van der Waals surface area contributed by atoms with Crippen LogP contribution in [0.15, 0.2) is 16.3 Å². The minimum Gasteiger partial charge on any atom is -0.395 e. The maximum absolute atomic E-state index is 12.4. The molecule has 0 aliphatic heterocycles. The number of nitrogens with zero attached hydrogens (tertiary/aromatic N) is 1. The van der Waals surface area contributed by atoms with Crippen molar-refractivity contribution < 1.29 is 13.5 Å². The van der Waals surface area contributed by atoms with Crippen LogP contribution in [0.1, 0.15) is 17.7 Å². The first-order valence-corrected chi connectivity index (χ1v) is 8.15. The second-order valence-electron chi connectivity index (χ2n) is 4.05. The number of hydrogen-bond acceptors (Lipinski definition) is 5. The topological polar surface area (TPSA) is 83.6 Å². The van der Waals surface area contributed by atoms with Gasteiger partial charge in [0.15, 0.2) is 0 Å². The highest BCUT2D eigenvalue weighted by atomic mass is 32.2. The van der Waals surface area contributed by atoms with Crippen LogP contribution in [0.2, 0.25) is 0 Å². The van der Waals surface area contributed by atoms with Crippen molar-refractivity contribution in [3.8, 4) is 0 Å². The van der Waals surface area contributed by atoms with Crippen molar-refractivity contribution in [3.05, 3.63) is 17.0 Å². The molecule has 3 N–H and O–H groups in total. The number of aliphatic hydroxyl groups is 1. The third-order valence-corrected chi connectivity index (χ3v) is 6.55. The van der Waals surface area contributed by atoms with Crippen molar-refractivity contribution in [3.63, 3.8) is 0 Å². The monoisotopic (exact) mass is 306 g/mol. The summed E-state index contributed by atoms with van der Waals surface area (Å²) in [6.07, 6.45) is 1.71. The van der Waals surface area contributed by atoms with Crippen molar-refractivity contribution >= 4 is 38.6 Å². The van der Waals surface area contributed by atoms with Gasteiger partial charge in [-0.25, -0.2) is 8.42 Å². The Bertz CT molecular complexity index is 548. The van der Waals surface area contributed by atoms with Gasteiger partial charge < -0.3 is 10.8 Å². The van der Waals surface area contributed by atoms with Gasteiger partial charge in [0.05, 0.1) is 11.5 Å². The van der Waals surface area contributed by atoms with Gasteiger partial charge in [-0.3, -0.25) is 0 Å². The first-order valence-electron chi connectivity index (χ1n) is 5.49. The van der Waals surface area contributed by atoms with E-state index in [4.69, 9.17) is 23.1 Å². The summed E-state index contributed by atoms with van der Waals surface area (Å²) >= 11 is 5.89. The second-order valence-corrected chi connectivity index (χ2v) is 7.69. The Kier molecular flexibility index (Phi) is 4.02. The molecule has 1 fully saturated rings. The highest BCUT2D eigenvalue weighted by Gasteiger charge is 2.38. The quantitative estimate of drug-likeness (QED) is 0.749. The van der Waals surface area contributed by atoms with Crippen LogP contribution in [-0.2, 0) is 10.0 Å². The van der Waals surface area contributed by atoms with Crippen molar-refractivity contribution in [1.82, 2.24) is 4.31 Å². The fourth-order valence-corrected chi connectivity index (χ4v) is 4.82. The maximum atomic E-state index is 12.4. The Labute approximate surface area is 115 Å². The molecule has 0 aromatic carbocycles.